The average Bonchev–Trinajstić information content (AvgIpc) is 3.46. The average molecular weight is 430 g/mol. The number of aromatic amines is 1. The molecule has 0 atom stereocenters. The van der Waals surface area contributed by atoms with Crippen LogP contribution in [0.25, 0.3) is 10.9 Å². The smallest absolute Gasteiger partial charge is 0.246 e. The first-order chi connectivity index (χ1) is 15.7. The fourth-order valence-corrected chi connectivity index (χ4v) is 3.56. The van der Waals surface area contributed by atoms with Gasteiger partial charge in [0.2, 0.25) is 5.91 Å². The van der Waals surface area contributed by atoms with Crippen LogP contribution in [-0.4, -0.2) is 40.2 Å². The largest absolute Gasteiger partial charge is 0.361 e. The van der Waals surface area contributed by atoms with Crippen molar-refractivity contribution in [2.45, 2.75) is 19.5 Å². The summed E-state index contributed by atoms with van der Waals surface area (Å²) in [7, 11) is 1.76. The molecule has 0 radical (unpaired) electrons. The molecule has 164 valence electrons. The molecule has 0 saturated heterocycles. The third kappa shape index (κ3) is 5.54. The number of amides is 1. The van der Waals surface area contributed by atoms with Crippen molar-refractivity contribution in [3.8, 4) is 0 Å². The molecule has 4 N–H and O–H groups in total. The Bertz CT molecular complexity index is 1190. The lowest BCUT2D eigenvalue weighted by Crippen LogP contribution is -2.37. The van der Waals surface area contributed by atoms with Crippen molar-refractivity contribution in [1.29, 1.82) is 0 Å². The van der Waals surface area contributed by atoms with Crippen LogP contribution >= 0.6 is 0 Å². The third-order valence-electron chi connectivity index (χ3n) is 5.12. The Kier molecular flexibility index (Phi) is 6.81. The number of fused-ring (bicyclic) bond motifs is 1. The maximum atomic E-state index is 12.2. The molecular weight excluding hydrogens is 402 g/mol. The van der Waals surface area contributed by atoms with E-state index in [9.17, 15) is 4.79 Å². The number of nitrogens with one attached hydrogen (secondary N) is 4. The van der Waals surface area contributed by atoms with Crippen LogP contribution in [0.4, 0.5) is 5.69 Å². The molecule has 0 bridgehead atoms. The van der Waals surface area contributed by atoms with E-state index in [0.717, 1.165) is 35.7 Å². The molecule has 0 aliphatic carbocycles. The quantitative estimate of drug-likeness (QED) is 0.256. The number of guanidine groups is 1. The van der Waals surface area contributed by atoms with Crippen molar-refractivity contribution in [1.82, 2.24) is 25.4 Å². The number of carbonyl (C=O) groups excluding carboxylic acids is 1. The van der Waals surface area contributed by atoms with Crippen LogP contribution in [-0.2, 0) is 24.3 Å². The molecule has 1 amide bonds. The molecule has 8 heteroatoms. The van der Waals surface area contributed by atoms with Crippen LogP contribution in [0.5, 0.6) is 0 Å². The van der Waals surface area contributed by atoms with Crippen LogP contribution in [0.15, 0.2) is 78.2 Å². The van der Waals surface area contributed by atoms with Crippen LogP contribution in [0.1, 0.15) is 11.1 Å². The van der Waals surface area contributed by atoms with E-state index in [1.165, 1.54) is 10.9 Å². The Morgan fingerprint density at radius 3 is 2.88 bits per heavy atom. The van der Waals surface area contributed by atoms with Crippen LogP contribution in [0.3, 0.4) is 0 Å². The van der Waals surface area contributed by atoms with Crippen LogP contribution < -0.4 is 16.0 Å². The van der Waals surface area contributed by atoms with Gasteiger partial charge in [0.1, 0.15) is 6.54 Å². The van der Waals surface area contributed by atoms with Gasteiger partial charge in [0.15, 0.2) is 5.96 Å². The molecule has 0 fully saturated rings. The zero-order chi connectivity index (χ0) is 22.2. The van der Waals surface area contributed by atoms with Gasteiger partial charge in [-0.05, 0) is 41.8 Å². The number of H-pyrrole nitrogens is 1. The maximum Gasteiger partial charge on any atom is 0.246 e. The predicted molar refractivity (Wildman–Crippen MR) is 128 cm³/mol. The highest BCUT2D eigenvalue weighted by atomic mass is 16.2. The van der Waals surface area contributed by atoms with Gasteiger partial charge in [-0.2, -0.15) is 5.10 Å². The second-order valence-corrected chi connectivity index (χ2v) is 7.41. The van der Waals surface area contributed by atoms with Crippen LogP contribution in [0, 0.1) is 0 Å². The molecule has 2 aromatic carbocycles. The summed E-state index contributed by atoms with van der Waals surface area (Å²) >= 11 is 0. The van der Waals surface area contributed by atoms with Crippen molar-refractivity contribution in [3.05, 3.63) is 84.3 Å². The van der Waals surface area contributed by atoms with Gasteiger partial charge in [-0.25, -0.2) is 0 Å². The number of benzene rings is 2. The molecule has 0 aliphatic heterocycles. The van der Waals surface area contributed by atoms with Crippen molar-refractivity contribution in [2.24, 2.45) is 4.99 Å². The lowest BCUT2D eigenvalue weighted by molar-refractivity contribution is -0.116. The molecule has 2 aromatic heterocycles. The van der Waals surface area contributed by atoms with E-state index in [-0.39, 0.29) is 12.5 Å². The second kappa shape index (κ2) is 10.3. The number of rotatable bonds is 8. The number of aliphatic imine (C=N–C) groups is 1. The minimum atomic E-state index is -0.117. The van der Waals surface area contributed by atoms with Gasteiger partial charge in [-0.3, -0.25) is 14.5 Å². The number of hydrogen-bond donors (Lipinski definition) is 4. The standard InChI is InChI=1S/C24H27N7O/c1-25-24(26-12-10-19-16-27-22-9-3-2-8-21(19)22)28-15-18-6-4-7-20(14-18)30-23(32)17-31-13-5-11-29-31/h2-9,11,13-14,16,27H,10,12,15,17H2,1H3,(H,30,32)(H2,25,26,28). The predicted octanol–water partition coefficient (Wildman–Crippen LogP) is 2.91. The highest BCUT2D eigenvalue weighted by Crippen LogP contribution is 2.17. The molecule has 4 aromatic rings. The Morgan fingerprint density at radius 1 is 1.12 bits per heavy atom. The van der Waals surface area contributed by atoms with E-state index in [0.29, 0.717) is 6.54 Å². The van der Waals surface area contributed by atoms with Gasteiger partial charge >= 0.3 is 0 Å². The zero-order valence-electron chi connectivity index (χ0n) is 18.0. The third-order valence-corrected chi connectivity index (χ3v) is 5.12. The monoisotopic (exact) mass is 429 g/mol. The summed E-state index contributed by atoms with van der Waals surface area (Å²) in [4.78, 5) is 19.8. The first-order valence-corrected chi connectivity index (χ1v) is 10.6. The summed E-state index contributed by atoms with van der Waals surface area (Å²) in [5.74, 6) is 0.617. The number of nitrogens with zero attached hydrogens (tertiary/aromatic N) is 3. The normalized spacial score (nSPS) is 11.5. The number of hydrogen-bond acceptors (Lipinski definition) is 3. The van der Waals surface area contributed by atoms with Crippen molar-refractivity contribution in [3.63, 3.8) is 0 Å². The van der Waals surface area contributed by atoms with Crippen molar-refractivity contribution in [2.75, 3.05) is 18.9 Å². The molecule has 0 aliphatic rings. The summed E-state index contributed by atoms with van der Waals surface area (Å²) < 4.78 is 1.59. The van der Waals surface area contributed by atoms with E-state index < -0.39 is 0 Å². The van der Waals surface area contributed by atoms with Gasteiger partial charge in [0.25, 0.3) is 0 Å². The fraction of sp³-hybridized carbons (Fsp3) is 0.208. The summed E-state index contributed by atoms with van der Waals surface area (Å²) in [6.45, 7) is 1.54. The number of carbonyl (C=O) groups is 1. The molecule has 0 unspecified atom stereocenters. The van der Waals surface area contributed by atoms with Crippen molar-refractivity contribution >= 4 is 28.5 Å². The summed E-state index contributed by atoms with van der Waals surface area (Å²) in [5.41, 5.74) is 4.23. The fourth-order valence-electron chi connectivity index (χ4n) is 3.56. The molecule has 32 heavy (non-hydrogen) atoms. The topological polar surface area (TPSA) is 99.1 Å². The minimum absolute atomic E-state index is 0.117. The number of anilines is 1. The van der Waals surface area contributed by atoms with E-state index in [1.807, 2.05) is 30.3 Å². The first-order valence-electron chi connectivity index (χ1n) is 10.6. The van der Waals surface area contributed by atoms with Crippen LogP contribution in [0.2, 0.25) is 0 Å². The van der Waals surface area contributed by atoms with Gasteiger partial charge in [0.05, 0.1) is 0 Å². The minimum Gasteiger partial charge on any atom is -0.361 e. The molecule has 2 heterocycles. The summed E-state index contributed by atoms with van der Waals surface area (Å²) in [5, 5.41) is 14.9. The van der Waals surface area contributed by atoms with E-state index >= 15 is 0 Å². The SMILES string of the molecule is CN=C(NCCc1c[nH]c2ccccc12)NCc1cccc(NC(=O)Cn2cccn2)c1. The molecule has 8 nitrogen and oxygen atoms in total. The zero-order valence-corrected chi connectivity index (χ0v) is 18.0. The highest BCUT2D eigenvalue weighted by molar-refractivity contribution is 5.90. The van der Waals surface area contributed by atoms with Gasteiger partial charge < -0.3 is 20.9 Å². The summed E-state index contributed by atoms with van der Waals surface area (Å²) in [6, 6.07) is 17.9. The molecular formula is C24H27N7O. The Balaban J connectivity index is 1.25. The van der Waals surface area contributed by atoms with E-state index in [1.54, 1.807) is 30.2 Å². The Labute approximate surface area is 186 Å². The lowest BCUT2D eigenvalue weighted by Gasteiger charge is -2.13. The molecule has 0 spiro atoms. The Hall–Kier alpha value is -4.07. The van der Waals surface area contributed by atoms with Crippen molar-refractivity contribution < 1.29 is 4.79 Å². The highest BCUT2D eigenvalue weighted by Gasteiger charge is 2.06. The van der Waals surface area contributed by atoms with Gasteiger partial charge in [0, 0.05) is 55.3 Å². The Morgan fingerprint density at radius 2 is 2.03 bits per heavy atom. The molecule has 0 saturated carbocycles. The molecule has 4 rings (SSSR count). The van der Waals surface area contributed by atoms with Gasteiger partial charge in [-0.15, -0.1) is 0 Å². The number of para-hydroxylation sites is 1. The maximum absolute atomic E-state index is 12.2. The van der Waals surface area contributed by atoms with E-state index in [2.05, 4.69) is 55.4 Å². The summed E-state index contributed by atoms with van der Waals surface area (Å²) in [6.07, 6.45) is 6.37. The van der Waals surface area contributed by atoms with Gasteiger partial charge in [-0.1, -0.05) is 30.3 Å². The second-order valence-electron chi connectivity index (χ2n) is 7.41. The lowest BCUT2D eigenvalue weighted by atomic mass is 10.1. The number of aromatic nitrogens is 3. The first kappa shape index (κ1) is 21.2. The van der Waals surface area contributed by atoms with E-state index in [4.69, 9.17) is 0 Å².